The van der Waals surface area contributed by atoms with Crippen molar-refractivity contribution in [1.29, 1.82) is 0 Å². The van der Waals surface area contributed by atoms with Crippen LogP contribution in [0.1, 0.15) is 23.0 Å². The van der Waals surface area contributed by atoms with Gasteiger partial charge < -0.3 is 18.9 Å². The largest absolute Gasteiger partial charge is 0.494 e. The molecular formula is C26H21N3O4S. The monoisotopic (exact) mass is 471 g/mol. The maximum absolute atomic E-state index is 12.7. The Hall–Kier alpha value is -4.17. The summed E-state index contributed by atoms with van der Waals surface area (Å²) in [6.07, 6.45) is 0. The number of hydrogen-bond donors (Lipinski definition) is 2. The van der Waals surface area contributed by atoms with Crippen LogP contribution in [0.2, 0.25) is 0 Å². The van der Waals surface area contributed by atoms with Gasteiger partial charge in [0.05, 0.1) is 6.61 Å². The molecule has 2 heterocycles. The normalized spacial score (nSPS) is 11.0. The van der Waals surface area contributed by atoms with Gasteiger partial charge in [-0.1, -0.05) is 18.2 Å². The predicted octanol–water partition coefficient (Wildman–Crippen LogP) is 6.07. The van der Waals surface area contributed by atoms with Gasteiger partial charge >= 0.3 is 0 Å². The molecule has 0 fully saturated rings. The second kappa shape index (κ2) is 8.99. The first kappa shape index (κ1) is 21.7. The Labute approximate surface area is 200 Å². The summed E-state index contributed by atoms with van der Waals surface area (Å²) in [6, 6.07) is 20.5. The standard InChI is InChI=1S/C26H21N3O4S/c1-3-31-18-11-8-16(9-12-18)25-28-20-14-17(10-13-22(20)33-25)27-26(34)29-24(30)23-15(2)19-6-4-5-7-21(19)32-23/h4-14H,3H2,1-2H3,(H2,27,29,30,34). The number of amides is 1. The van der Waals surface area contributed by atoms with Crippen LogP contribution in [0.15, 0.2) is 75.6 Å². The number of ether oxygens (including phenoxy) is 1. The molecule has 8 heteroatoms. The summed E-state index contributed by atoms with van der Waals surface area (Å²) in [6.45, 7) is 4.40. The number of carbonyl (C=O) groups excluding carboxylic acids is 1. The van der Waals surface area contributed by atoms with Crippen molar-refractivity contribution in [2.75, 3.05) is 11.9 Å². The second-order valence-electron chi connectivity index (χ2n) is 7.62. The minimum Gasteiger partial charge on any atom is -0.494 e. The second-order valence-corrected chi connectivity index (χ2v) is 8.03. The van der Waals surface area contributed by atoms with E-state index in [1.807, 2.05) is 68.4 Å². The van der Waals surface area contributed by atoms with E-state index < -0.39 is 5.91 Å². The van der Waals surface area contributed by atoms with Gasteiger partial charge in [0.1, 0.15) is 16.8 Å². The molecule has 0 saturated carbocycles. The Morgan fingerprint density at radius 3 is 2.59 bits per heavy atom. The Kier molecular flexibility index (Phi) is 5.73. The lowest BCUT2D eigenvalue weighted by atomic mass is 10.1. The maximum atomic E-state index is 12.7. The molecule has 0 aliphatic rings. The first-order chi connectivity index (χ1) is 16.5. The fourth-order valence-electron chi connectivity index (χ4n) is 3.70. The highest BCUT2D eigenvalue weighted by Gasteiger charge is 2.18. The van der Waals surface area contributed by atoms with Gasteiger partial charge in [-0.25, -0.2) is 4.98 Å². The van der Waals surface area contributed by atoms with E-state index in [1.54, 1.807) is 12.1 Å². The number of benzene rings is 3. The molecule has 2 N–H and O–H groups in total. The molecular weight excluding hydrogens is 450 g/mol. The summed E-state index contributed by atoms with van der Waals surface area (Å²) < 4.78 is 17.1. The van der Waals surface area contributed by atoms with E-state index in [0.717, 1.165) is 22.3 Å². The van der Waals surface area contributed by atoms with Crippen LogP contribution in [0.3, 0.4) is 0 Å². The van der Waals surface area contributed by atoms with Gasteiger partial charge in [0, 0.05) is 22.2 Å². The molecule has 0 spiro atoms. The van der Waals surface area contributed by atoms with Gasteiger partial charge in [-0.05, 0) is 74.6 Å². The maximum Gasteiger partial charge on any atom is 0.293 e. The molecule has 5 aromatic rings. The van der Waals surface area contributed by atoms with Crippen molar-refractivity contribution >= 4 is 51.0 Å². The number of anilines is 1. The van der Waals surface area contributed by atoms with Crippen molar-refractivity contribution in [2.45, 2.75) is 13.8 Å². The Morgan fingerprint density at radius 1 is 1.03 bits per heavy atom. The van der Waals surface area contributed by atoms with Crippen LogP contribution in [0.5, 0.6) is 5.75 Å². The number of thiocarbonyl (C=S) groups is 1. The number of oxazole rings is 1. The summed E-state index contributed by atoms with van der Waals surface area (Å²) in [5.74, 6) is 1.12. The van der Waals surface area contributed by atoms with E-state index in [1.165, 1.54) is 0 Å². The zero-order valence-electron chi connectivity index (χ0n) is 18.5. The van der Waals surface area contributed by atoms with Gasteiger partial charge in [-0.15, -0.1) is 0 Å². The SMILES string of the molecule is CCOc1ccc(-c2nc3cc(NC(=S)NC(=O)c4oc5ccccc5c4C)ccc3o2)cc1. The molecule has 0 radical (unpaired) electrons. The molecule has 5 rings (SSSR count). The number of rotatable bonds is 5. The van der Waals surface area contributed by atoms with Gasteiger partial charge in [0.15, 0.2) is 16.5 Å². The van der Waals surface area contributed by atoms with E-state index in [4.69, 9.17) is 25.8 Å². The summed E-state index contributed by atoms with van der Waals surface area (Å²) in [4.78, 5) is 17.3. The van der Waals surface area contributed by atoms with Crippen molar-refractivity contribution in [1.82, 2.24) is 10.3 Å². The lowest BCUT2D eigenvalue weighted by molar-refractivity contribution is 0.0952. The highest BCUT2D eigenvalue weighted by molar-refractivity contribution is 7.80. The third-order valence-electron chi connectivity index (χ3n) is 5.33. The highest BCUT2D eigenvalue weighted by atomic mass is 32.1. The van der Waals surface area contributed by atoms with E-state index in [-0.39, 0.29) is 10.9 Å². The number of carbonyl (C=O) groups is 1. The smallest absolute Gasteiger partial charge is 0.293 e. The summed E-state index contributed by atoms with van der Waals surface area (Å²) in [5, 5.41) is 6.74. The number of fused-ring (bicyclic) bond motifs is 2. The van der Waals surface area contributed by atoms with Crippen molar-refractivity contribution in [3.8, 4) is 17.2 Å². The molecule has 3 aromatic carbocycles. The Morgan fingerprint density at radius 2 is 1.82 bits per heavy atom. The molecule has 0 unspecified atom stereocenters. The number of nitrogens with one attached hydrogen (secondary N) is 2. The van der Waals surface area contributed by atoms with E-state index in [2.05, 4.69) is 15.6 Å². The van der Waals surface area contributed by atoms with Crippen LogP contribution in [0.25, 0.3) is 33.5 Å². The minimum atomic E-state index is -0.411. The first-order valence-corrected chi connectivity index (χ1v) is 11.2. The van der Waals surface area contributed by atoms with Crippen LogP contribution >= 0.6 is 12.2 Å². The van der Waals surface area contributed by atoms with Gasteiger partial charge in [0.25, 0.3) is 5.91 Å². The molecule has 2 aromatic heterocycles. The van der Waals surface area contributed by atoms with Crippen molar-refractivity contribution in [3.05, 3.63) is 78.1 Å². The average Bonchev–Trinajstić information content (AvgIpc) is 3.41. The van der Waals surface area contributed by atoms with Crippen LogP contribution in [-0.2, 0) is 0 Å². The summed E-state index contributed by atoms with van der Waals surface area (Å²) >= 11 is 5.33. The number of hydrogen-bond acceptors (Lipinski definition) is 6. The quantitative estimate of drug-likeness (QED) is 0.301. The molecule has 0 atom stereocenters. The van der Waals surface area contributed by atoms with Crippen LogP contribution in [0.4, 0.5) is 5.69 Å². The number of para-hydroxylation sites is 1. The predicted molar refractivity (Wildman–Crippen MR) is 135 cm³/mol. The van der Waals surface area contributed by atoms with Crippen LogP contribution in [0, 0.1) is 6.92 Å². The van der Waals surface area contributed by atoms with E-state index >= 15 is 0 Å². The lowest BCUT2D eigenvalue weighted by Crippen LogP contribution is -2.34. The highest BCUT2D eigenvalue weighted by Crippen LogP contribution is 2.28. The van der Waals surface area contributed by atoms with Gasteiger partial charge in [-0.2, -0.15) is 0 Å². The zero-order chi connectivity index (χ0) is 23.7. The molecule has 34 heavy (non-hydrogen) atoms. The van der Waals surface area contributed by atoms with Gasteiger partial charge in [0.2, 0.25) is 5.89 Å². The lowest BCUT2D eigenvalue weighted by Gasteiger charge is -2.08. The summed E-state index contributed by atoms with van der Waals surface area (Å²) in [5.41, 5.74) is 4.24. The topological polar surface area (TPSA) is 89.5 Å². The molecule has 0 aliphatic heterocycles. The number of furan rings is 1. The molecule has 170 valence electrons. The van der Waals surface area contributed by atoms with Crippen LogP contribution in [-0.4, -0.2) is 22.6 Å². The number of aryl methyl sites for hydroxylation is 1. The average molecular weight is 472 g/mol. The third kappa shape index (κ3) is 4.23. The number of nitrogens with zero attached hydrogens (tertiary/aromatic N) is 1. The summed E-state index contributed by atoms with van der Waals surface area (Å²) in [7, 11) is 0. The first-order valence-electron chi connectivity index (χ1n) is 10.8. The van der Waals surface area contributed by atoms with E-state index in [0.29, 0.717) is 34.9 Å². The van der Waals surface area contributed by atoms with Crippen LogP contribution < -0.4 is 15.4 Å². The fourth-order valence-corrected chi connectivity index (χ4v) is 3.91. The van der Waals surface area contributed by atoms with Gasteiger partial charge in [-0.3, -0.25) is 10.1 Å². The molecule has 0 bridgehead atoms. The van der Waals surface area contributed by atoms with Crippen molar-refractivity contribution < 1.29 is 18.4 Å². The van der Waals surface area contributed by atoms with Crippen molar-refractivity contribution in [2.24, 2.45) is 0 Å². The minimum absolute atomic E-state index is 0.152. The number of aromatic nitrogens is 1. The Balaban J connectivity index is 1.30. The van der Waals surface area contributed by atoms with E-state index in [9.17, 15) is 4.79 Å². The van der Waals surface area contributed by atoms with Crippen molar-refractivity contribution in [3.63, 3.8) is 0 Å². The fraction of sp³-hybridized carbons (Fsp3) is 0.115. The molecule has 1 amide bonds. The molecule has 0 aliphatic carbocycles. The Bertz CT molecular complexity index is 1520. The molecule has 0 saturated heterocycles. The third-order valence-corrected chi connectivity index (χ3v) is 5.54. The zero-order valence-corrected chi connectivity index (χ0v) is 19.4. The molecule has 7 nitrogen and oxygen atoms in total.